The molecule has 2 aliphatic rings. The molecule has 0 aromatic heterocycles. The predicted molar refractivity (Wildman–Crippen MR) is 71.5 cm³/mol. The number of amides is 1. The van der Waals surface area contributed by atoms with Gasteiger partial charge in [0.25, 0.3) is 0 Å². The molecule has 3 atom stereocenters. The van der Waals surface area contributed by atoms with Gasteiger partial charge in [0.05, 0.1) is 12.2 Å². The van der Waals surface area contributed by atoms with Gasteiger partial charge in [-0.25, -0.2) is 0 Å². The number of nitrogens with one attached hydrogen (secondary N) is 1. The fourth-order valence-electron chi connectivity index (χ4n) is 3.14. The Labute approximate surface area is 110 Å². The van der Waals surface area contributed by atoms with Crippen LogP contribution in [0.5, 0.6) is 0 Å². The number of hydrogen-bond acceptors (Lipinski definition) is 3. The minimum absolute atomic E-state index is 0.314. The third-order valence-electron chi connectivity index (χ3n) is 4.14. The van der Waals surface area contributed by atoms with Crippen LogP contribution < -0.4 is 5.32 Å². The van der Waals surface area contributed by atoms with Crippen LogP contribution in [-0.2, 0) is 9.53 Å². The van der Waals surface area contributed by atoms with E-state index in [1.54, 1.807) is 0 Å². The summed E-state index contributed by atoms with van der Waals surface area (Å²) in [5.41, 5.74) is 0. The average molecular weight is 254 g/mol. The van der Waals surface area contributed by atoms with E-state index < -0.39 is 0 Å². The molecule has 1 N–H and O–H groups in total. The predicted octanol–water partition coefficient (Wildman–Crippen LogP) is 1.54. The van der Waals surface area contributed by atoms with E-state index in [0.29, 0.717) is 30.6 Å². The van der Waals surface area contributed by atoms with E-state index in [2.05, 4.69) is 17.1 Å². The molecule has 4 nitrogen and oxygen atoms in total. The van der Waals surface area contributed by atoms with E-state index in [-0.39, 0.29) is 0 Å². The Morgan fingerprint density at radius 3 is 2.89 bits per heavy atom. The van der Waals surface area contributed by atoms with Crippen LogP contribution in [0.1, 0.15) is 45.4 Å². The SMILES string of the molecule is CNC[C@@H]1CCCN1C(=O)CC[C@@H]1CC[C@@H](C)O1. The van der Waals surface area contributed by atoms with Gasteiger partial charge in [-0.05, 0) is 46.1 Å². The third kappa shape index (κ3) is 3.45. The summed E-state index contributed by atoms with van der Waals surface area (Å²) in [6, 6.07) is 0.408. The number of rotatable bonds is 5. The summed E-state index contributed by atoms with van der Waals surface area (Å²) in [5.74, 6) is 0.316. The van der Waals surface area contributed by atoms with Gasteiger partial charge in [-0.2, -0.15) is 0 Å². The highest BCUT2D eigenvalue weighted by molar-refractivity contribution is 5.76. The smallest absolute Gasteiger partial charge is 0.222 e. The van der Waals surface area contributed by atoms with Gasteiger partial charge in [-0.1, -0.05) is 0 Å². The molecule has 2 heterocycles. The molecule has 2 aliphatic heterocycles. The van der Waals surface area contributed by atoms with Crippen LogP contribution in [0.3, 0.4) is 0 Å². The lowest BCUT2D eigenvalue weighted by molar-refractivity contribution is -0.132. The van der Waals surface area contributed by atoms with E-state index in [0.717, 1.165) is 45.2 Å². The fourth-order valence-corrected chi connectivity index (χ4v) is 3.14. The summed E-state index contributed by atoms with van der Waals surface area (Å²) in [6.07, 6.45) is 6.80. The fraction of sp³-hybridized carbons (Fsp3) is 0.929. The summed E-state index contributed by atoms with van der Waals surface area (Å²) in [7, 11) is 1.95. The van der Waals surface area contributed by atoms with Crippen LogP contribution in [0.2, 0.25) is 0 Å². The first-order chi connectivity index (χ1) is 8.70. The Morgan fingerprint density at radius 2 is 2.22 bits per heavy atom. The van der Waals surface area contributed by atoms with E-state index in [4.69, 9.17) is 4.74 Å². The van der Waals surface area contributed by atoms with Crippen LogP contribution in [0, 0.1) is 0 Å². The van der Waals surface area contributed by atoms with Gasteiger partial charge in [0, 0.05) is 25.6 Å². The van der Waals surface area contributed by atoms with Crippen LogP contribution in [0.15, 0.2) is 0 Å². The number of carbonyl (C=O) groups is 1. The molecule has 2 fully saturated rings. The van der Waals surface area contributed by atoms with Crippen LogP contribution in [-0.4, -0.2) is 49.2 Å². The maximum atomic E-state index is 12.2. The van der Waals surface area contributed by atoms with Crippen LogP contribution in [0.4, 0.5) is 0 Å². The van der Waals surface area contributed by atoms with Gasteiger partial charge in [-0.3, -0.25) is 4.79 Å². The lowest BCUT2D eigenvalue weighted by atomic mass is 10.1. The first kappa shape index (κ1) is 13.8. The second-order valence-electron chi connectivity index (χ2n) is 5.63. The largest absolute Gasteiger partial charge is 0.375 e. The van der Waals surface area contributed by atoms with Gasteiger partial charge in [0.15, 0.2) is 0 Å². The lowest BCUT2D eigenvalue weighted by Crippen LogP contribution is -2.41. The maximum absolute atomic E-state index is 12.2. The van der Waals surface area contributed by atoms with Gasteiger partial charge < -0.3 is 15.0 Å². The van der Waals surface area contributed by atoms with Gasteiger partial charge in [-0.15, -0.1) is 0 Å². The van der Waals surface area contributed by atoms with Gasteiger partial charge >= 0.3 is 0 Å². The quantitative estimate of drug-likeness (QED) is 0.809. The second-order valence-corrected chi connectivity index (χ2v) is 5.63. The first-order valence-electron chi connectivity index (χ1n) is 7.30. The molecule has 0 aromatic rings. The Hall–Kier alpha value is -0.610. The van der Waals surface area contributed by atoms with Crippen molar-refractivity contribution in [2.75, 3.05) is 20.1 Å². The molecule has 0 bridgehead atoms. The van der Waals surface area contributed by atoms with Crippen molar-refractivity contribution in [2.24, 2.45) is 0 Å². The second kappa shape index (κ2) is 6.53. The van der Waals surface area contributed by atoms with Crippen molar-refractivity contribution >= 4 is 5.91 Å². The summed E-state index contributed by atoms with van der Waals surface area (Å²) in [4.78, 5) is 14.3. The molecule has 0 aromatic carbocycles. The summed E-state index contributed by atoms with van der Waals surface area (Å²) >= 11 is 0. The van der Waals surface area contributed by atoms with E-state index in [1.807, 2.05) is 7.05 Å². The molecule has 0 radical (unpaired) electrons. The molecule has 0 spiro atoms. The summed E-state index contributed by atoms with van der Waals surface area (Å²) < 4.78 is 5.77. The molecule has 0 unspecified atom stereocenters. The number of hydrogen-bond donors (Lipinski definition) is 1. The Morgan fingerprint density at radius 1 is 1.39 bits per heavy atom. The molecular weight excluding hydrogens is 228 g/mol. The standard InChI is InChI=1S/C14H26N2O2/c1-11-5-6-13(18-11)7-8-14(17)16-9-3-4-12(16)10-15-2/h11-13,15H,3-10H2,1-2H3/t11-,12+,13+/m1/s1. The Bertz CT molecular complexity index is 283. The molecule has 1 amide bonds. The van der Waals surface area contributed by atoms with E-state index in [9.17, 15) is 4.79 Å². The molecule has 104 valence electrons. The number of carbonyl (C=O) groups excluding carboxylic acids is 1. The first-order valence-corrected chi connectivity index (χ1v) is 7.30. The lowest BCUT2D eigenvalue weighted by Gasteiger charge is -2.25. The van der Waals surface area contributed by atoms with Crippen molar-refractivity contribution in [2.45, 2.75) is 63.7 Å². The molecule has 0 saturated carbocycles. The average Bonchev–Trinajstić information content (AvgIpc) is 2.96. The van der Waals surface area contributed by atoms with Crippen molar-refractivity contribution in [3.8, 4) is 0 Å². The Kier molecular flexibility index (Phi) is 5.01. The molecule has 4 heteroatoms. The highest BCUT2D eigenvalue weighted by Crippen LogP contribution is 2.24. The van der Waals surface area contributed by atoms with Crippen molar-refractivity contribution in [1.82, 2.24) is 10.2 Å². The monoisotopic (exact) mass is 254 g/mol. The highest BCUT2D eigenvalue weighted by atomic mass is 16.5. The number of ether oxygens (including phenoxy) is 1. The van der Waals surface area contributed by atoms with Crippen molar-refractivity contribution in [3.05, 3.63) is 0 Å². The third-order valence-corrected chi connectivity index (χ3v) is 4.14. The normalized spacial score (nSPS) is 32.1. The zero-order valence-corrected chi connectivity index (χ0v) is 11.7. The Balaban J connectivity index is 1.73. The number of likely N-dealkylation sites (tertiary alicyclic amines) is 1. The van der Waals surface area contributed by atoms with Crippen LogP contribution >= 0.6 is 0 Å². The number of nitrogens with zero attached hydrogens (tertiary/aromatic N) is 1. The summed E-state index contributed by atoms with van der Waals surface area (Å²) in [5, 5.41) is 3.18. The van der Waals surface area contributed by atoms with Gasteiger partial charge in [0.2, 0.25) is 5.91 Å². The zero-order valence-electron chi connectivity index (χ0n) is 11.7. The molecule has 0 aliphatic carbocycles. The number of likely N-dealkylation sites (N-methyl/N-ethyl adjacent to an activating group) is 1. The topological polar surface area (TPSA) is 41.6 Å². The van der Waals surface area contributed by atoms with Crippen molar-refractivity contribution in [3.63, 3.8) is 0 Å². The van der Waals surface area contributed by atoms with E-state index in [1.165, 1.54) is 0 Å². The molecular formula is C14H26N2O2. The minimum atomic E-state index is 0.314. The minimum Gasteiger partial charge on any atom is -0.375 e. The molecule has 2 rings (SSSR count). The highest BCUT2D eigenvalue weighted by Gasteiger charge is 2.29. The van der Waals surface area contributed by atoms with Crippen molar-refractivity contribution in [1.29, 1.82) is 0 Å². The van der Waals surface area contributed by atoms with Crippen LogP contribution in [0.25, 0.3) is 0 Å². The van der Waals surface area contributed by atoms with E-state index >= 15 is 0 Å². The van der Waals surface area contributed by atoms with Gasteiger partial charge in [0.1, 0.15) is 0 Å². The molecule has 2 saturated heterocycles. The zero-order chi connectivity index (χ0) is 13.0. The molecule has 18 heavy (non-hydrogen) atoms. The summed E-state index contributed by atoms with van der Waals surface area (Å²) in [6.45, 7) is 3.97. The van der Waals surface area contributed by atoms with Crippen molar-refractivity contribution < 1.29 is 9.53 Å². The maximum Gasteiger partial charge on any atom is 0.222 e.